The molecule has 2 rings (SSSR count). The summed E-state index contributed by atoms with van der Waals surface area (Å²) in [6, 6.07) is 4.21. The molecule has 0 amide bonds. The molecule has 2 heterocycles. The maximum absolute atomic E-state index is 11.2. The minimum atomic E-state index is -0.128. The van der Waals surface area contributed by atoms with E-state index in [4.69, 9.17) is 4.74 Å². The number of hydrogen-bond acceptors (Lipinski definition) is 6. The molecule has 0 saturated heterocycles. The van der Waals surface area contributed by atoms with Gasteiger partial charge >= 0.3 is 5.97 Å². The Morgan fingerprint density at radius 3 is 3.19 bits per heavy atom. The number of thioether (sulfide) groups is 1. The Bertz CT molecular complexity index is 540. The summed E-state index contributed by atoms with van der Waals surface area (Å²) in [4.78, 5) is 12.6. The molecular formula is C14H19N3O2S2. The van der Waals surface area contributed by atoms with Crippen LogP contribution in [-0.2, 0) is 22.5 Å². The highest BCUT2D eigenvalue weighted by Gasteiger charge is 2.07. The second-order valence-electron chi connectivity index (χ2n) is 4.39. The Morgan fingerprint density at radius 1 is 1.52 bits per heavy atom. The van der Waals surface area contributed by atoms with Gasteiger partial charge in [-0.3, -0.25) is 4.79 Å². The first kappa shape index (κ1) is 16.0. The van der Waals surface area contributed by atoms with E-state index < -0.39 is 0 Å². The van der Waals surface area contributed by atoms with Gasteiger partial charge in [-0.15, -0.1) is 21.5 Å². The molecule has 5 nitrogen and oxygen atoms in total. The Labute approximate surface area is 132 Å². The van der Waals surface area contributed by atoms with Crippen LogP contribution in [0, 0.1) is 0 Å². The van der Waals surface area contributed by atoms with E-state index in [0.29, 0.717) is 13.0 Å². The van der Waals surface area contributed by atoms with Crippen LogP contribution >= 0.6 is 23.1 Å². The molecule has 0 aromatic carbocycles. The summed E-state index contributed by atoms with van der Waals surface area (Å²) in [6.07, 6.45) is 4.01. The number of rotatable bonds is 9. The van der Waals surface area contributed by atoms with E-state index >= 15 is 0 Å². The first-order valence-corrected chi connectivity index (χ1v) is 8.84. The van der Waals surface area contributed by atoms with Crippen molar-refractivity contribution in [3.63, 3.8) is 0 Å². The third-order valence-electron chi connectivity index (χ3n) is 2.82. The quantitative estimate of drug-likeness (QED) is 0.403. The van der Waals surface area contributed by atoms with Crippen molar-refractivity contribution in [3.8, 4) is 0 Å². The van der Waals surface area contributed by atoms with Crippen molar-refractivity contribution in [3.05, 3.63) is 28.7 Å². The molecule has 0 aliphatic rings. The van der Waals surface area contributed by atoms with Gasteiger partial charge in [0, 0.05) is 23.6 Å². The molecule has 0 saturated carbocycles. The van der Waals surface area contributed by atoms with E-state index in [9.17, 15) is 4.79 Å². The van der Waals surface area contributed by atoms with E-state index in [0.717, 1.165) is 30.3 Å². The van der Waals surface area contributed by atoms with Crippen LogP contribution in [0.1, 0.15) is 24.6 Å². The van der Waals surface area contributed by atoms with Crippen molar-refractivity contribution in [1.82, 2.24) is 14.8 Å². The minimum absolute atomic E-state index is 0.128. The van der Waals surface area contributed by atoms with Gasteiger partial charge < -0.3 is 9.30 Å². The lowest BCUT2D eigenvalue weighted by molar-refractivity contribution is -0.143. The SMILES string of the molecule is CCOC(=O)CCCSc1nncn1CCc1cccs1. The number of aromatic nitrogens is 3. The monoisotopic (exact) mass is 325 g/mol. The van der Waals surface area contributed by atoms with Gasteiger partial charge in [-0.2, -0.15) is 0 Å². The number of aryl methyl sites for hydroxylation is 2. The Hall–Kier alpha value is -1.34. The average molecular weight is 325 g/mol. The lowest BCUT2D eigenvalue weighted by Gasteiger charge is -2.05. The molecule has 7 heteroatoms. The smallest absolute Gasteiger partial charge is 0.305 e. The molecule has 2 aromatic rings. The molecule has 0 spiro atoms. The van der Waals surface area contributed by atoms with Crippen LogP contribution in [0.15, 0.2) is 29.0 Å². The molecule has 0 aliphatic heterocycles. The number of hydrogen-bond donors (Lipinski definition) is 0. The average Bonchev–Trinajstić information content (AvgIpc) is 3.13. The van der Waals surface area contributed by atoms with Crippen LogP contribution in [-0.4, -0.2) is 33.1 Å². The topological polar surface area (TPSA) is 57.0 Å². The number of thiophene rings is 1. The summed E-state index contributed by atoms with van der Waals surface area (Å²) in [7, 11) is 0. The van der Waals surface area contributed by atoms with Crippen molar-refractivity contribution < 1.29 is 9.53 Å². The van der Waals surface area contributed by atoms with E-state index in [-0.39, 0.29) is 5.97 Å². The van der Waals surface area contributed by atoms with Crippen LogP contribution in [0.3, 0.4) is 0 Å². The van der Waals surface area contributed by atoms with Crippen molar-refractivity contribution >= 4 is 29.1 Å². The van der Waals surface area contributed by atoms with Crippen LogP contribution in [0.4, 0.5) is 0 Å². The highest BCUT2D eigenvalue weighted by molar-refractivity contribution is 7.99. The molecule has 114 valence electrons. The summed E-state index contributed by atoms with van der Waals surface area (Å²) >= 11 is 3.40. The van der Waals surface area contributed by atoms with Gasteiger partial charge in [-0.1, -0.05) is 17.8 Å². The summed E-state index contributed by atoms with van der Waals surface area (Å²) in [6.45, 7) is 3.15. The molecule has 0 fully saturated rings. The van der Waals surface area contributed by atoms with Crippen molar-refractivity contribution in [1.29, 1.82) is 0 Å². The van der Waals surface area contributed by atoms with Crippen molar-refractivity contribution in [2.75, 3.05) is 12.4 Å². The predicted molar refractivity (Wildman–Crippen MR) is 84.6 cm³/mol. The second-order valence-corrected chi connectivity index (χ2v) is 6.49. The van der Waals surface area contributed by atoms with Crippen LogP contribution < -0.4 is 0 Å². The Kier molecular flexibility index (Phi) is 6.75. The first-order chi connectivity index (χ1) is 10.3. The normalized spacial score (nSPS) is 10.7. The standard InChI is InChI=1S/C14H19N3O2S2/c1-2-19-13(18)6-4-10-21-14-16-15-11-17(14)8-7-12-5-3-9-20-12/h3,5,9,11H,2,4,6-8,10H2,1H3. The van der Waals surface area contributed by atoms with Crippen molar-refractivity contribution in [2.24, 2.45) is 0 Å². The van der Waals surface area contributed by atoms with Gasteiger partial charge in [0.2, 0.25) is 0 Å². The fourth-order valence-corrected chi connectivity index (χ4v) is 3.39. The molecular weight excluding hydrogens is 306 g/mol. The van der Waals surface area contributed by atoms with Crippen molar-refractivity contribution in [2.45, 2.75) is 37.9 Å². The van der Waals surface area contributed by atoms with Crippen LogP contribution in [0.25, 0.3) is 0 Å². The highest BCUT2D eigenvalue weighted by Crippen LogP contribution is 2.18. The molecule has 0 aliphatic carbocycles. The van der Waals surface area contributed by atoms with E-state index in [1.165, 1.54) is 4.88 Å². The van der Waals surface area contributed by atoms with Gasteiger partial charge in [-0.25, -0.2) is 0 Å². The van der Waals surface area contributed by atoms with Crippen LogP contribution in [0.5, 0.6) is 0 Å². The van der Waals surface area contributed by atoms with E-state index in [1.807, 2.05) is 6.92 Å². The molecule has 0 N–H and O–H groups in total. The fourth-order valence-electron chi connectivity index (χ4n) is 1.81. The summed E-state index contributed by atoms with van der Waals surface area (Å²) in [5.41, 5.74) is 0. The van der Waals surface area contributed by atoms with Gasteiger partial charge in [-0.05, 0) is 31.2 Å². The van der Waals surface area contributed by atoms with Gasteiger partial charge in [0.25, 0.3) is 0 Å². The summed E-state index contributed by atoms with van der Waals surface area (Å²) in [5, 5.41) is 11.1. The lowest BCUT2D eigenvalue weighted by atomic mass is 10.3. The predicted octanol–water partition coefficient (Wildman–Crippen LogP) is 3.02. The maximum Gasteiger partial charge on any atom is 0.305 e. The molecule has 0 radical (unpaired) electrons. The fraction of sp³-hybridized carbons (Fsp3) is 0.500. The Balaban J connectivity index is 1.71. The van der Waals surface area contributed by atoms with Gasteiger partial charge in [0.1, 0.15) is 6.33 Å². The third-order valence-corrected chi connectivity index (χ3v) is 4.82. The van der Waals surface area contributed by atoms with Gasteiger partial charge in [0.05, 0.1) is 6.61 Å². The van der Waals surface area contributed by atoms with Crippen LogP contribution in [0.2, 0.25) is 0 Å². The highest BCUT2D eigenvalue weighted by atomic mass is 32.2. The zero-order chi connectivity index (χ0) is 14.9. The minimum Gasteiger partial charge on any atom is -0.466 e. The molecule has 0 atom stereocenters. The van der Waals surface area contributed by atoms with E-state index in [1.54, 1.807) is 29.4 Å². The molecule has 0 bridgehead atoms. The maximum atomic E-state index is 11.2. The van der Waals surface area contributed by atoms with E-state index in [2.05, 4.69) is 32.3 Å². The zero-order valence-electron chi connectivity index (χ0n) is 12.0. The molecule has 21 heavy (non-hydrogen) atoms. The number of carbonyl (C=O) groups is 1. The zero-order valence-corrected chi connectivity index (χ0v) is 13.7. The third kappa shape index (κ3) is 5.51. The summed E-state index contributed by atoms with van der Waals surface area (Å²) in [5.74, 6) is 0.716. The Morgan fingerprint density at radius 2 is 2.43 bits per heavy atom. The largest absolute Gasteiger partial charge is 0.466 e. The summed E-state index contributed by atoms with van der Waals surface area (Å²) < 4.78 is 6.97. The first-order valence-electron chi connectivity index (χ1n) is 6.98. The number of carbonyl (C=O) groups excluding carboxylic acids is 1. The van der Waals surface area contributed by atoms with Gasteiger partial charge in [0.15, 0.2) is 5.16 Å². The second kappa shape index (κ2) is 8.84. The molecule has 2 aromatic heterocycles. The molecule has 0 unspecified atom stereocenters. The number of esters is 1. The number of ether oxygens (including phenoxy) is 1. The number of nitrogens with zero attached hydrogens (tertiary/aromatic N) is 3. The lowest BCUT2D eigenvalue weighted by Crippen LogP contribution is -2.04.